The number of hydrogen-bond donors (Lipinski definition) is 2. The number of rotatable bonds is 6. The van der Waals surface area contributed by atoms with Crippen molar-refractivity contribution in [3.8, 4) is 0 Å². The first-order valence-electron chi connectivity index (χ1n) is 7.10. The highest BCUT2D eigenvalue weighted by Gasteiger charge is 2.16. The zero-order valence-electron chi connectivity index (χ0n) is 12.7. The standard InChI is InChI=1S/C15H22BrN5/c1-10(2)8-21-15(18-9-19-21)7-14(20-17)12-5-4-11(3)13(16)6-12/h4-6,9-10,14,20H,7-8,17H2,1-3H3. The van der Waals surface area contributed by atoms with Crippen LogP contribution in [0.3, 0.4) is 0 Å². The second-order valence-corrected chi connectivity index (χ2v) is 6.54. The maximum Gasteiger partial charge on any atom is 0.138 e. The molecule has 2 rings (SSSR count). The first-order chi connectivity index (χ1) is 10.0. The van der Waals surface area contributed by atoms with Gasteiger partial charge in [0.05, 0.1) is 6.04 Å². The van der Waals surface area contributed by atoms with E-state index >= 15 is 0 Å². The fraction of sp³-hybridized carbons (Fsp3) is 0.467. The van der Waals surface area contributed by atoms with Crippen LogP contribution in [0.1, 0.15) is 36.8 Å². The lowest BCUT2D eigenvalue weighted by atomic mass is 10.0. The molecular formula is C15H22BrN5. The van der Waals surface area contributed by atoms with E-state index in [2.05, 4.69) is 70.4 Å². The van der Waals surface area contributed by atoms with E-state index in [1.807, 2.05) is 4.68 Å². The molecule has 1 heterocycles. The molecule has 0 spiro atoms. The molecule has 0 amide bonds. The van der Waals surface area contributed by atoms with Crippen molar-refractivity contribution in [1.82, 2.24) is 20.2 Å². The summed E-state index contributed by atoms with van der Waals surface area (Å²) in [5.41, 5.74) is 5.22. The molecule has 0 radical (unpaired) electrons. The summed E-state index contributed by atoms with van der Waals surface area (Å²) >= 11 is 3.57. The molecule has 0 saturated carbocycles. The summed E-state index contributed by atoms with van der Waals surface area (Å²) in [7, 11) is 0. The lowest BCUT2D eigenvalue weighted by molar-refractivity contribution is 0.446. The van der Waals surface area contributed by atoms with Crippen molar-refractivity contribution < 1.29 is 0 Å². The van der Waals surface area contributed by atoms with Crippen molar-refractivity contribution >= 4 is 15.9 Å². The Kier molecular flexibility index (Phi) is 5.50. The number of nitrogens with one attached hydrogen (secondary N) is 1. The third kappa shape index (κ3) is 4.12. The lowest BCUT2D eigenvalue weighted by Gasteiger charge is -2.18. The van der Waals surface area contributed by atoms with Crippen molar-refractivity contribution in [1.29, 1.82) is 0 Å². The van der Waals surface area contributed by atoms with Gasteiger partial charge in [-0.2, -0.15) is 5.10 Å². The molecule has 1 atom stereocenters. The number of aromatic nitrogens is 3. The van der Waals surface area contributed by atoms with Crippen LogP contribution < -0.4 is 11.3 Å². The van der Waals surface area contributed by atoms with Gasteiger partial charge in [0.25, 0.3) is 0 Å². The Morgan fingerprint density at radius 2 is 2.14 bits per heavy atom. The normalized spacial score (nSPS) is 12.9. The van der Waals surface area contributed by atoms with Gasteiger partial charge in [-0.05, 0) is 30.0 Å². The third-order valence-electron chi connectivity index (χ3n) is 3.42. The van der Waals surface area contributed by atoms with E-state index in [0.29, 0.717) is 12.3 Å². The fourth-order valence-corrected chi connectivity index (χ4v) is 2.62. The predicted molar refractivity (Wildman–Crippen MR) is 87.5 cm³/mol. The van der Waals surface area contributed by atoms with Crippen molar-refractivity contribution in [3.63, 3.8) is 0 Å². The van der Waals surface area contributed by atoms with E-state index in [1.54, 1.807) is 6.33 Å². The van der Waals surface area contributed by atoms with Gasteiger partial charge in [0.2, 0.25) is 0 Å². The molecule has 0 bridgehead atoms. The summed E-state index contributed by atoms with van der Waals surface area (Å²) in [5, 5.41) is 4.30. The van der Waals surface area contributed by atoms with E-state index in [-0.39, 0.29) is 6.04 Å². The number of hydrazine groups is 1. The van der Waals surface area contributed by atoms with Gasteiger partial charge in [-0.25, -0.2) is 9.67 Å². The first-order valence-corrected chi connectivity index (χ1v) is 7.89. The van der Waals surface area contributed by atoms with Gasteiger partial charge < -0.3 is 0 Å². The highest BCUT2D eigenvalue weighted by atomic mass is 79.9. The van der Waals surface area contributed by atoms with E-state index in [9.17, 15) is 0 Å². The summed E-state index contributed by atoms with van der Waals surface area (Å²) in [4.78, 5) is 4.37. The van der Waals surface area contributed by atoms with E-state index in [4.69, 9.17) is 5.84 Å². The topological polar surface area (TPSA) is 68.8 Å². The van der Waals surface area contributed by atoms with Gasteiger partial charge in [-0.15, -0.1) is 0 Å². The molecule has 0 aliphatic carbocycles. The molecule has 21 heavy (non-hydrogen) atoms. The molecule has 0 aliphatic heterocycles. The van der Waals surface area contributed by atoms with Crippen molar-refractivity contribution in [3.05, 3.63) is 46.0 Å². The molecular weight excluding hydrogens is 330 g/mol. The highest BCUT2D eigenvalue weighted by molar-refractivity contribution is 9.10. The zero-order chi connectivity index (χ0) is 15.4. The summed E-state index contributed by atoms with van der Waals surface area (Å²) in [6, 6.07) is 6.29. The van der Waals surface area contributed by atoms with Gasteiger partial charge in [0.15, 0.2) is 0 Å². The van der Waals surface area contributed by atoms with Crippen LogP contribution in [0.15, 0.2) is 29.0 Å². The summed E-state index contributed by atoms with van der Waals surface area (Å²) in [6.45, 7) is 7.27. The van der Waals surface area contributed by atoms with Gasteiger partial charge in [-0.1, -0.05) is 41.9 Å². The second kappa shape index (κ2) is 7.15. The van der Waals surface area contributed by atoms with Crippen molar-refractivity contribution in [2.75, 3.05) is 0 Å². The molecule has 0 saturated heterocycles. The van der Waals surface area contributed by atoms with E-state index in [0.717, 1.165) is 22.4 Å². The Labute approximate surface area is 134 Å². The van der Waals surface area contributed by atoms with E-state index < -0.39 is 0 Å². The van der Waals surface area contributed by atoms with Crippen LogP contribution in [0.5, 0.6) is 0 Å². The average molecular weight is 352 g/mol. The minimum Gasteiger partial charge on any atom is -0.271 e. The minimum atomic E-state index is 0.0111. The highest BCUT2D eigenvalue weighted by Crippen LogP contribution is 2.23. The largest absolute Gasteiger partial charge is 0.271 e. The number of aryl methyl sites for hydroxylation is 1. The number of hydrogen-bond acceptors (Lipinski definition) is 4. The number of nitrogens with two attached hydrogens (primary N) is 1. The van der Waals surface area contributed by atoms with Crippen molar-refractivity contribution in [2.45, 2.75) is 39.8 Å². The molecule has 114 valence electrons. The summed E-state index contributed by atoms with van der Waals surface area (Å²) < 4.78 is 3.04. The number of benzene rings is 1. The van der Waals surface area contributed by atoms with Gasteiger partial charge in [-0.3, -0.25) is 11.3 Å². The van der Waals surface area contributed by atoms with Gasteiger partial charge in [0, 0.05) is 17.4 Å². The minimum absolute atomic E-state index is 0.0111. The Morgan fingerprint density at radius 3 is 2.76 bits per heavy atom. The summed E-state index contributed by atoms with van der Waals surface area (Å²) in [5.74, 6) is 7.22. The molecule has 1 unspecified atom stereocenters. The van der Waals surface area contributed by atoms with Gasteiger partial charge in [0.1, 0.15) is 12.2 Å². The fourth-order valence-electron chi connectivity index (χ4n) is 2.23. The average Bonchev–Trinajstić information content (AvgIpc) is 2.85. The maximum atomic E-state index is 5.74. The summed E-state index contributed by atoms with van der Waals surface area (Å²) in [6.07, 6.45) is 2.31. The Balaban J connectivity index is 2.19. The van der Waals surface area contributed by atoms with Crippen molar-refractivity contribution in [2.24, 2.45) is 11.8 Å². The number of nitrogens with zero attached hydrogens (tertiary/aromatic N) is 3. The van der Waals surface area contributed by atoms with Crippen LogP contribution in [-0.2, 0) is 13.0 Å². The molecule has 1 aromatic heterocycles. The smallest absolute Gasteiger partial charge is 0.138 e. The molecule has 0 fully saturated rings. The van der Waals surface area contributed by atoms with Crippen LogP contribution in [0, 0.1) is 12.8 Å². The van der Waals surface area contributed by atoms with Gasteiger partial charge >= 0.3 is 0 Å². The van der Waals surface area contributed by atoms with Crippen LogP contribution >= 0.6 is 15.9 Å². The van der Waals surface area contributed by atoms with Crippen LogP contribution in [-0.4, -0.2) is 14.8 Å². The molecule has 0 aliphatic rings. The molecule has 2 aromatic rings. The monoisotopic (exact) mass is 351 g/mol. The Morgan fingerprint density at radius 1 is 1.38 bits per heavy atom. The predicted octanol–water partition coefficient (Wildman–Crippen LogP) is 2.75. The van der Waals surface area contributed by atoms with Crippen LogP contribution in [0.25, 0.3) is 0 Å². The lowest BCUT2D eigenvalue weighted by Crippen LogP contribution is -2.30. The second-order valence-electron chi connectivity index (χ2n) is 5.68. The van der Waals surface area contributed by atoms with Crippen LogP contribution in [0.4, 0.5) is 0 Å². The Bertz CT molecular complexity index is 593. The third-order valence-corrected chi connectivity index (χ3v) is 4.27. The molecule has 3 N–H and O–H groups in total. The quantitative estimate of drug-likeness (QED) is 0.620. The SMILES string of the molecule is Cc1ccc(C(Cc2ncnn2CC(C)C)NN)cc1Br. The number of halogens is 1. The molecule has 1 aromatic carbocycles. The van der Waals surface area contributed by atoms with E-state index in [1.165, 1.54) is 5.56 Å². The molecule has 6 heteroatoms. The van der Waals surface area contributed by atoms with Crippen LogP contribution in [0.2, 0.25) is 0 Å². The first kappa shape index (κ1) is 16.1. The zero-order valence-corrected chi connectivity index (χ0v) is 14.3. The Hall–Kier alpha value is -1.24. The maximum absolute atomic E-state index is 5.74. The molecule has 5 nitrogen and oxygen atoms in total.